The van der Waals surface area contributed by atoms with Gasteiger partial charge in [0.15, 0.2) is 5.60 Å². The van der Waals surface area contributed by atoms with Crippen LogP contribution in [0.1, 0.15) is 54.4 Å². The monoisotopic (exact) mass is 268 g/mol. The van der Waals surface area contributed by atoms with Gasteiger partial charge in [-0.3, -0.25) is 4.79 Å². The molecule has 0 bridgehead atoms. The third-order valence-corrected chi connectivity index (χ3v) is 4.11. The maximum Gasteiger partial charge on any atom is 0.417 e. The summed E-state index contributed by atoms with van der Waals surface area (Å²) in [6, 6.07) is 0. The maximum atomic E-state index is 12.8. The minimum Gasteiger partial charge on any atom is -0.380 e. The van der Waals surface area contributed by atoms with Crippen LogP contribution in [0.2, 0.25) is 0 Å². The van der Waals surface area contributed by atoms with E-state index in [0.29, 0.717) is 6.42 Å². The lowest BCUT2D eigenvalue weighted by atomic mass is 9.68. The average Bonchev–Trinajstić information content (AvgIpc) is 2.14. The molecule has 1 N–H and O–H groups in total. The van der Waals surface area contributed by atoms with Gasteiger partial charge in [0.05, 0.1) is 0 Å². The van der Waals surface area contributed by atoms with Crippen molar-refractivity contribution >= 4 is 5.78 Å². The minimum absolute atomic E-state index is 0.264. The van der Waals surface area contributed by atoms with Gasteiger partial charge < -0.3 is 5.11 Å². The number of carbonyl (C=O) groups is 1. The lowest BCUT2D eigenvalue weighted by molar-refractivity contribution is -0.289. The first kappa shape index (κ1) is 17.4. The molecule has 5 heteroatoms. The van der Waals surface area contributed by atoms with Crippen LogP contribution >= 0.6 is 0 Å². The van der Waals surface area contributed by atoms with Crippen molar-refractivity contribution in [1.82, 2.24) is 0 Å². The molecule has 0 rings (SSSR count). The lowest BCUT2D eigenvalue weighted by Gasteiger charge is -2.42. The SMILES string of the molecule is CCC(C)(C)C(=O)CC(C)(C)C(C)(O)C(F)(F)F. The molecule has 0 aliphatic carbocycles. The number of rotatable bonds is 5. The predicted octanol–water partition coefficient (Wildman–Crippen LogP) is 3.72. The van der Waals surface area contributed by atoms with Gasteiger partial charge in [-0.2, -0.15) is 13.2 Å². The third-order valence-electron chi connectivity index (χ3n) is 4.11. The van der Waals surface area contributed by atoms with Crippen LogP contribution in [0.15, 0.2) is 0 Å². The number of carbonyl (C=O) groups excluding carboxylic acids is 1. The Balaban J connectivity index is 5.15. The number of hydrogen-bond donors (Lipinski definition) is 1. The Labute approximate surface area is 107 Å². The van der Waals surface area contributed by atoms with E-state index < -0.39 is 22.6 Å². The van der Waals surface area contributed by atoms with Crippen LogP contribution in [0.4, 0.5) is 13.2 Å². The molecule has 0 aromatic carbocycles. The highest BCUT2D eigenvalue weighted by Gasteiger charge is 2.59. The Bertz CT molecular complexity index is 315. The van der Waals surface area contributed by atoms with E-state index in [2.05, 4.69) is 0 Å². The van der Waals surface area contributed by atoms with Crippen LogP contribution in [0, 0.1) is 10.8 Å². The molecule has 0 radical (unpaired) electrons. The largest absolute Gasteiger partial charge is 0.417 e. The Morgan fingerprint density at radius 1 is 1.06 bits per heavy atom. The molecule has 1 atom stereocenters. The third kappa shape index (κ3) is 3.25. The van der Waals surface area contributed by atoms with Crippen molar-refractivity contribution in [3.63, 3.8) is 0 Å². The molecule has 2 nitrogen and oxygen atoms in total. The molecule has 0 heterocycles. The molecule has 0 saturated carbocycles. The molecular weight excluding hydrogens is 245 g/mol. The van der Waals surface area contributed by atoms with E-state index in [0.717, 1.165) is 6.92 Å². The Morgan fingerprint density at radius 3 is 1.72 bits per heavy atom. The predicted molar refractivity (Wildman–Crippen MR) is 64.2 cm³/mol. The Morgan fingerprint density at radius 2 is 1.44 bits per heavy atom. The van der Waals surface area contributed by atoms with Gasteiger partial charge >= 0.3 is 6.18 Å². The summed E-state index contributed by atoms with van der Waals surface area (Å²) >= 11 is 0. The quantitative estimate of drug-likeness (QED) is 0.825. The van der Waals surface area contributed by atoms with Gasteiger partial charge in [-0.25, -0.2) is 0 Å². The van der Waals surface area contributed by atoms with Gasteiger partial charge in [0, 0.05) is 17.3 Å². The molecule has 0 aromatic heterocycles. The minimum atomic E-state index is -4.76. The van der Waals surface area contributed by atoms with Gasteiger partial charge in [0.25, 0.3) is 0 Å². The fraction of sp³-hybridized carbons (Fsp3) is 0.923. The topological polar surface area (TPSA) is 37.3 Å². The van der Waals surface area contributed by atoms with Crippen LogP contribution in [0.3, 0.4) is 0 Å². The summed E-state index contributed by atoms with van der Waals surface area (Å²) < 4.78 is 38.4. The van der Waals surface area contributed by atoms with Crippen LogP contribution < -0.4 is 0 Å². The second kappa shape index (κ2) is 4.83. The van der Waals surface area contributed by atoms with E-state index in [-0.39, 0.29) is 12.2 Å². The Kier molecular flexibility index (Phi) is 4.68. The highest BCUT2D eigenvalue weighted by Crippen LogP contribution is 2.46. The van der Waals surface area contributed by atoms with Gasteiger partial charge in [-0.15, -0.1) is 0 Å². The molecule has 0 amide bonds. The number of hydrogen-bond acceptors (Lipinski definition) is 2. The number of aliphatic hydroxyl groups is 1. The smallest absolute Gasteiger partial charge is 0.380 e. The van der Waals surface area contributed by atoms with Crippen molar-refractivity contribution in [2.75, 3.05) is 0 Å². The molecular formula is C13H23F3O2. The maximum absolute atomic E-state index is 12.8. The fourth-order valence-electron chi connectivity index (χ4n) is 1.39. The molecule has 0 aromatic rings. The Hall–Kier alpha value is -0.580. The number of ketones is 1. The first-order chi connectivity index (χ1) is 7.69. The van der Waals surface area contributed by atoms with Crippen molar-refractivity contribution in [3.05, 3.63) is 0 Å². The van der Waals surface area contributed by atoms with Crippen LogP contribution in [0.5, 0.6) is 0 Å². The molecule has 1 unspecified atom stereocenters. The summed E-state index contributed by atoms with van der Waals surface area (Å²) in [4.78, 5) is 12.0. The summed E-state index contributed by atoms with van der Waals surface area (Å²) in [5, 5.41) is 9.69. The molecule has 0 fully saturated rings. The highest BCUT2D eigenvalue weighted by molar-refractivity contribution is 5.84. The zero-order chi connectivity index (χ0) is 15.0. The summed E-state index contributed by atoms with van der Waals surface area (Å²) in [5.41, 5.74) is -5.12. The van der Waals surface area contributed by atoms with Gasteiger partial charge in [0.2, 0.25) is 0 Å². The fourth-order valence-corrected chi connectivity index (χ4v) is 1.39. The molecule has 0 saturated heterocycles. The zero-order valence-corrected chi connectivity index (χ0v) is 11.9. The summed E-state index contributed by atoms with van der Waals surface area (Å²) in [7, 11) is 0. The van der Waals surface area contributed by atoms with Crippen molar-refractivity contribution in [2.24, 2.45) is 10.8 Å². The van der Waals surface area contributed by atoms with Gasteiger partial charge in [-0.05, 0) is 13.3 Å². The van der Waals surface area contributed by atoms with E-state index in [1.165, 1.54) is 13.8 Å². The van der Waals surface area contributed by atoms with Crippen molar-refractivity contribution < 1.29 is 23.1 Å². The van der Waals surface area contributed by atoms with E-state index in [9.17, 15) is 23.1 Å². The first-order valence-corrected chi connectivity index (χ1v) is 6.01. The van der Waals surface area contributed by atoms with Gasteiger partial charge in [0.1, 0.15) is 5.78 Å². The second-order valence-corrected chi connectivity index (χ2v) is 6.29. The first-order valence-electron chi connectivity index (χ1n) is 6.01. The van der Waals surface area contributed by atoms with Crippen LogP contribution in [-0.4, -0.2) is 22.7 Å². The van der Waals surface area contributed by atoms with Crippen LogP contribution in [0.25, 0.3) is 0 Å². The molecule has 18 heavy (non-hydrogen) atoms. The van der Waals surface area contributed by atoms with Crippen molar-refractivity contribution in [1.29, 1.82) is 0 Å². The average molecular weight is 268 g/mol. The summed E-state index contributed by atoms with van der Waals surface area (Å²) in [5.74, 6) is -0.264. The summed E-state index contributed by atoms with van der Waals surface area (Å²) in [6.45, 7) is 8.47. The van der Waals surface area contributed by atoms with E-state index in [1.54, 1.807) is 13.8 Å². The summed E-state index contributed by atoms with van der Waals surface area (Å²) in [6.07, 6.45) is -4.51. The molecule has 0 spiro atoms. The van der Waals surface area contributed by atoms with Crippen molar-refractivity contribution in [2.45, 2.75) is 66.2 Å². The zero-order valence-electron chi connectivity index (χ0n) is 11.9. The second-order valence-electron chi connectivity index (χ2n) is 6.29. The van der Waals surface area contributed by atoms with E-state index in [4.69, 9.17) is 0 Å². The molecule has 0 aliphatic rings. The molecule has 0 aliphatic heterocycles. The number of Topliss-reactive ketones (excluding diaryl/α,β-unsaturated/α-hetero) is 1. The van der Waals surface area contributed by atoms with E-state index >= 15 is 0 Å². The standard InChI is InChI=1S/C13H23F3O2/c1-7-10(2,3)9(17)8-11(4,5)12(6,18)13(14,15)16/h18H,7-8H2,1-6H3. The van der Waals surface area contributed by atoms with E-state index in [1.807, 2.05) is 6.92 Å². The number of halogens is 3. The lowest BCUT2D eigenvalue weighted by Crippen LogP contribution is -2.55. The van der Waals surface area contributed by atoms with Crippen molar-refractivity contribution in [3.8, 4) is 0 Å². The van der Waals surface area contributed by atoms with Crippen LogP contribution in [-0.2, 0) is 4.79 Å². The van der Waals surface area contributed by atoms with Gasteiger partial charge in [-0.1, -0.05) is 34.6 Å². The number of alkyl halides is 3. The molecule has 108 valence electrons. The normalized spacial score (nSPS) is 17.4. The highest BCUT2D eigenvalue weighted by atomic mass is 19.4.